The van der Waals surface area contributed by atoms with Gasteiger partial charge in [-0.05, 0) is 67.1 Å². The van der Waals surface area contributed by atoms with Gasteiger partial charge < -0.3 is 14.5 Å². The molecule has 46 heavy (non-hydrogen) atoms. The number of sulfonamides is 1. The number of piperidine rings is 1. The molecule has 1 atom stereocenters. The zero-order valence-corrected chi connectivity index (χ0v) is 27.8. The van der Waals surface area contributed by atoms with Crippen LogP contribution in [0.25, 0.3) is 11.1 Å². The van der Waals surface area contributed by atoms with Gasteiger partial charge in [-0.3, -0.25) is 19.1 Å². The first-order valence-corrected chi connectivity index (χ1v) is 17.4. The fourth-order valence-electron chi connectivity index (χ4n) is 6.15. The SMILES string of the molecule is CC[C@@H](Oc1ccccc1-c1ccc(C(=O)N2CCC(N3C(=O)C(C)(C)Cc4ccc(Cl)cc43)CC2)c(F)c1)C(=O)NS(C)(=O)=O. The van der Waals surface area contributed by atoms with Gasteiger partial charge in [-0.1, -0.05) is 62.7 Å². The van der Waals surface area contributed by atoms with Crippen LogP contribution in [0.3, 0.4) is 0 Å². The van der Waals surface area contributed by atoms with Crippen molar-refractivity contribution in [2.45, 2.75) is 58.6 Å². The zero-order valence-electron chi connectivity index (χ0n) is 26.2. The summed E-state index contributed by atoms with van der Waals surface area (Å²) in [4.78, 5) is 42.9. The minimum absolute atomic E-state index is 0.0271. The van der Waals surface area contributed by atoms with E-state index >= 15 is 4.39 Å². The molecule has 0 aliphatic carbocycles. The Kier molecular flexibility index (Phi) is 9.47. The molecule has 1 fully saturated rings. The largest absolute Gasteiger partial charge is 0.480 e. The highest BCUT2D eigenvalue weighted by Gasteiger charge is 2.43. The molecule has 0 unspecified atom stereocenters. The summed E-state index contributed by atoms with van der Waals surface area (Å²) in [6.07, 6.45) is 1.67. The number of nitrogens with zero attached hydrogens (tertiary/aromatic N) is 2. The van der Waals surface area contributed by atoms with Crippen molar-refractivity contribution in [2.24, 2.45) is 5.41 Å². The lowest BCUT2D eigenvalue weighted by Gasteiger charge is -2.45. The lowest BCUT2D eigenvalue weighted by molar-refractivity contribution is -0.128. The van der Waals surface area contributed by atoms with Gasteiger partial charge in [0.1, 0.15) is 11.6 Å². The molecule has 2 aliphatic heterocycles. The van der Waals surface area contributed by atoms with Crippen LogP contribution in [0.5, 0.6) is 5.75 Å². The minimum Gasteiger partial charge on any atom is -0.480 e. The number of likely N-dealkylation sites (tertiary alicyclic amines) is 1. The average molecular weight is 670 g/mol. The van der Waals surface area contributed by atoms with Gasteiger partial charge in [0.25, 0.3) is 11.8 Å². The van der Waals surface area contributed by atoms with Gasteiger partial charge in [0.05, 0.1) is 11.8 Å². The Labute approximate surface area is 273 Å². The number of fused-ring (bicyclic) bond motifs is 1. The molecule has 1 saturated heterocycles. The standard InChI is InChI=1S/C34H37ClFN3O6S/c1-5-29(31(40)37-46(4,43)44)45-30-9-7-6-8-25(30)21-11-13-26(27(36)18-21)32(41)38-16-14-24(15-17-38)39-28-19-23(35)12-10-22(28)20-34(2,3)33(39)42/h6-13,18-19,24,29H,5,14-17,20H2,1-4H3,(H,37,40)/t29-/m1/s1. The highest BCUT2D eigenvalue weighted by molar-refractivity contribution is 7.89. The lowest BCUT2D eigenvalue weighted by atomic mass is 9.79. The topological polar surface area (TPSA) is 113 Å². The van der Waals surface area contributed by atoms with Crippen molar-refractivity contribution < 1.29 is 31.9 Å². The van der Waals surface area contributed by atoms with Crippen molar-refractivity contribution in [3.63, 3.8) is 0 Å². The molecule has 3 aromatic rings. The second-order valence-corrected chi connectivity index (χ2v) is 14.7. The van der Waals surface area contributed by atoms with Gasteiger partial charge >= 0.3 is 0 Å². The van der Waals surface area contributed by atoms with Crippen LogP contribution in [0.1, 0.15) is 56.0 Å². The first-order chi connectivity index (χ1) is 21.7. The van der Waals surface area contributed by atoms with Crippen LogP contribution in [0, 0.1) is 11.2 Å². The minimum atomic E-state index is -3.78. The second kappa shape index (κ2) is 13.0. The van der Waals surface area contributed by atoms with Gasteiger partial charge in [-0.25, -0.2) is 12.8 Å². The molecule has 9 nitrogen and oxygen atoms in total. The predicted octanol–water partition coefficient (Wildman–Crippen LogP) is 5.60. The zero-order chi connectivity index (χ0) is 33.4. The van der Waals surface area contributed by atoms with Gasteiger partial charge in [0.15, 0.2) is 6.10 Å². The molecule has 0 saturated carbocycles. The normalized spacial score (nSPS) is 17.3. The first-order valence-electron chi connectivity index (χ1n) is 15.2. The molecule has 3 aromatic carbocycles. The van der Waals surface area contributed by atoms with Crippen LogP contribution < -0.4 is 14.4 Å². The van der Waals surface area contributed by atoms with Gasteiger partial charge in [-0.15, -0.1) is 0 Å². The van der Waals surface area contributed by atoms with Crippen molar-refractivity contribution in [3.8, 4) is 16.9 Å². The van der Waals surface area contributed by atoms with Crippen LogP contribution >= 0.6 is 11.6 Å². The average Bonchev–Trinajstić information content (AvgIpc) is 3.00. The summed E-state index contributed by atoms with van der Waals surface area (Å²) in [5.74, 6) is -1.67. The maximum Gasteiger partial charge on any atom is 0.274 e. The lowest BCUT2D eigenvalue weighted by Crippen LogP contribution is -2.54. The Morgan fingerprint density at radius 1 is 1.09 bits per heavy atom. The van der Waals surface area contributed by atoms with Crippen molar-refractivity contribution in [2.75, 3.05) is 24.2 Å². The van der Waals surface area contributed by atoms with Gasteiger partial charge in [0, 0.05) is 40.8 Å². The van der Waals surface area contributed by atoms with Crippen LogP contribution in [0.4, 0.5) is 10.1 Å². The summed E-state index contributed by atoms with van der Waals surface area (Å²) >= 11 is 6.30. The highest BCUT2D eigenvalue weighted by atomic mass is 35.5. The second-order valence-electron chi connectivity index (χ2n) is 12.5. The molecule has 0 aromatic heterocycles. The molecule has 2 heterocycles. The third-order valence-corrected chi connectivity index (χ3v) is 9.28. The number of rotatable bonds is 8. The number of ether oxygens (including phenoxy) is 1. The van der Waals surface area contributed by atoms with Crippen LogP contribution in [-0.4, -0.2) is 62.5 Å². The Bertz CT molecular complexity index is 1790. The van der Waals surface area contributed by atoms with Crippen LogP contribution in [-0.2, 0) is 26.0 Å². The molecular formula is C34H37ClFN3O6S. The van der Waals surface area contributed by atoms with E-state index in [4.69, 9.17) is 16.3 Å². The van der Waals surface area contributed by atoms with Crippen molar-refractivity contribution in [1.29, 1.82) is 0 Å². The number of hydrogen-bond donors (Lipinski definition) is 1. The summed E-state index contributed by atoms with van der Waals surface area (Å²) in [7, 11) is -3.78. The van der Waals surface area contributed by atoms with E-state index in [0.717, 1.165) is 17.5 Å². The highest BCUT2D eigenvalue weighted by Crippen LogP contribution is 2.41. The third-order valence-electron chi connectivity index (χ3n) is 8.47. The van der Waals surface area contributed by atoms with E-state index in [-0.39, 0.29) is 29.7 Å². The van der Waals surface area contributed by atoms with Crippen LogP contribution in [0.2, 0.25) is 5.02 Å². The van der Waals surface area contributed by atoms with Crippen molar-refractivity contribution in [1.82, 2.24) is 9.62 Å². The monoisotopic (exact) mass is 669 g/mol. The van der Waals surface area contributed by atoms with Crippen molar-refractivity contribution >= 4 is 45.0 Å². The van der Waals surface area contributed by atoms with E-state index in [1.807, 2.05) is 41.7 Å². The number of benzene rings is 3. The molecule has 0 bridgehead atoms. The van der Waals surface area contributed by atoms with E-state index in [1.165, 1.54) is 12.1 Å². The maximum absolute atomic E-state index is 15.5. The van der Waals surface area contributed by atoms with E-state index in [2.05, 4.69) is 0 Å². The predicted molar refractivity (Wildman–Crippen MR) is 175 cm³/mol. The molecular weight excluding hydrogens is 633 g/mol. The van der Waals surface area contributed by atoms with Gasteiger partial charge in [0.2, 0.25) is 15.9 Å². The molecule has 244 valence electrons. The summed E-state index contributed by atoms with van der Waals surface area (Å²) in [6, 6.07) is 16.5. The van der Waals surface area contributed by atoms with Gasteiger partial charge in [-0.2, -0.15) is 0 Å². The third kappa shape index (κ3) is 7.05. The number of halogens is 2. The Hall–Kier alpha value is -3.96. The van der Waals surface area contributed by atoms with Crippen LogP contribution in [0.15, 0.2) is 60.7 Å². The number of anilines is 1. The summed E-state index contributed by atoms with van der Waals surface area (Å²) in [5.41, 5.74) is 2.12. The van der Waals surface area contributed by atoms with E-state index in [1.54, 1.807) is 42.2 Å². The summed E-state index contributed by atoms with van der Waals surface area (Å²) in [5, 5.41) is 0.555. The molecule has 1 N–H and O–H groups in total. The number of hydrogen-bond acceptors (Lipinski definition) is 6. The maximum atomic E-state index is 15.5. The quantitative estimate of drug-likeness (QED) is 0.334. The van der Waals surface area contributed by atoms with E-state index in [9.17, 15) is 22.8 Å². The smallest absolute Gasteiger partial charge is 0.274 e. The molecule has 0 radical (unpaired) electrons. The summed E-state index contributed by atoms with van der Waals surface area (Å²) in [6.45, 7) is 6.27. The number of nitrogens with one attached hydrogen (secondary N) is 1. The van der Waals surface area contributed by atoms with E-state index < -0.39 is 39.2 Å². The Morgan fingerprint density at radius 3 is 2.43 bits per heavy atom. The van der Waals surface area contributed by atoms with E-state index in [0.29, 0.717) is 48.5 Å². The van der Waals surface area contributed by atoms with Crippen molar-refractivity contribution in [3.05, 3.63) is 82.6 Å². The molecule has 12 heteroatoms. The number of amides is 3. The summed E-state index contributed by atoms with van der Waals surface area (Å²) < 4.78 is 46.4. The number of para-hydroxylation sites is 1. The Balaban J connectivity index is 1.30. The first kappa shape index (κ1) is 33.4. The molecule has 2 aliphatic rings. The Morgan fingerprint density at radius 2 is 1.78 bits per heavy atom. The number of carbonyl (C=O) groups excluding carboxylic acids is 3. The fourth-order valence-corrected chi connectivity index (χ4v) is 6.81. The molecule has 3 amide bonds. The molecule has 0 spiro atoms. The number of carbonyl (C=O) groups is 3. The molecule has 5 rings (SSSR count). The fraction of sp³-hybridized carbons (Fsp3) is 0.382.